The average molecular weight is 1290 g/mol. The van der Waals surface area contributed by atoms with Crippen LogP contribution >= 0.6 is 0 Å². The molecule has 0 aliphatic carbocycles. The molecule has 4 heterocycles. The predicted octanol–water partition coefficient (Wildman–Crippen LogP) is -24.3. The van der Waals surface area contributed by atoms with Gasteiger partial charge in [-0.15, -0.1) is 0 Å². The van der Waals surface area contributed by atoms with Gasteiger partial charge in [0.25, 0.3) is 0 Å². The van der Waals surface area contributed by atoms with Gasteiger partial charge >= 0.3 is 66.0 Å². The number of aromatic amines is 4. The molecule has 0 saturated carbocycles. The molecular weight excluding hydrogens is 1240 g/mol. The van der Waals surface area contributed by atoms with Crippen LogP contribution in [0.15, 0.2) is 67.7 Å². The number of carbonyl (C=O) groups excluding carboxylic acids is 8. The van der Waals surface area contributed by atoms with Gasteiger partial charge in [-0.1, -0.05) is 0 Å². The number of rotatable bonds is 8. The molecule has 0 aliphatic heterocycles. The van der Waals surface area contributed by atoms with Gasteiger partial charge in [-0.2, -0.15) is 5.26 Å². The fourth-order valence-electron chi connectivity index (χ4n) is 3.05. The van der Waals surface area contributed by atoms with Crippen LogP contribution in [0.3, 0.4) is 0 Å². The normalized spacial score (nSPS) is 6.72. The van der Waals surface area contributed by atoms with Crippen molar-refractivity contribution in [1.82, 2.24) is 19.9 Å². The molecular formula is C30H47N5Ni4O36. The van der Waals surface area contributed by atoms with Crippen molar-refractivity contribution in [2.24, 2.45) is 0 Å². The van der Waals surface area contributed by atoms with Gasteiger partial charge in [0.05, 0.1) is 99.4 Å². The van der Waals surface area contributed by atoms with Crippen LogP contribution in [-0.2, 0) is 66.0 Å². The SMILES string of the molecule is CC#N.O.O.O.O.O.O.O.O.O.O.O.O.O.O.O.O.O=C([O-])c1cc(=O)cc(C(=O)[O-])[nH]1.O=C([O-])c1cc(=O)cc(C(=O)[O-])[nH]1.O=C([O-])c1cc(=O)cc(C(=O)[O-])[nH]1.O=C([O-])c1cc(=O)cc(C(=O)[O-])[nH]1.[Ni+2].[Ni+2].[Ni+2].[Ni+2]. The summed E-state index contributed by atoms with van der Waals surface area (Å²) in [5.74, 6) is -13.2. The van der Waals surface area contributed by atoms with Gasteiger partial charge in [-0.05, 0) is 0 Å². The quantitative estimate of drug-likeness (QED) is 0.119. The zero-order valence-corrected chi connectivity index (χ0v) is 39.9. The first-order valence-electron chi connectivity index (χ1n) is 13.4. The molecule has 0 aromatic carbocycles. The molecule has 0 atom stereocenters. The fraction of sp³-hybridized carbons (Fsp3) is 0.0333. The van der Waals surface area contributed by atoms with Crippen LogP contribution in [0.5, 0.6) is 0 Å². The number of aromatic nitrogens is 4. The number of nitriles is 1. The third-order valence-electron chi connectivity index (χ3n) is 5.13. The minimum Gasteiger partial charge on any atom is -0.543 e. The molecule has 4 aromatic heterocycles. The van der Waals surface area contributed by atoms with Crippen LogP contribution < -0.4 is 62.6 Å². The van der Waals surface area contributed by atoms with Crippen molar-refractivity contribution in [3.8, 4) is 6.07 Å². The molecule has 41 nitrogen and oxygen atoms in total. The Balaban J connectivity index is -0.0000000246. The Bertz CT molecular complexity index is 2000. The van der Waals surface area contributed by atoms with Gasteiger partial charge < -0.3 is 187 Å². The van der Waals surface area contributed by atoms with Crippen molar-refractivity contribution in [2.75, 3.05) is 0 Å². The Labute approximate surface area is 452 Å². The summed E-state index contributed by atoms with van der Waals surface area (Å²) in [4.78, 5) is 133. The van der Waals surface area contributed by atoms with Gasteiger partial charge in [0.1, 0.15) is 0 Å². The topological polar surface area (TPSA) is 980 Å². The summed E-state index contributed by atoms with van der Waals surface area (Å²) in [5, 5.41) is 89.2. The van der Waals surface area contributed by atoms with E-state index in [-0.39, 0.29) is 154 Å². The van der Waals surface area contributed by atoms with Crippen LogP contribution in [0.4, 0.5) is 0 Å². The van der Waals surface area contributed by atoms with Crippen molar-refractivity contribution in [1.29, 1.82) is 5.26 Å². The van der Waals surface area contributed by atoms with Crippen molar-refractivity contribution >= 4 is 47.8 Å². The first kappa shape index (κ1) is 138. The third-order valence-corrected chi connectivity index (χ3v) is 5.13. The number of nitrogens with one attached hydrogen (secondary N) is 4. The summed E-state index contributed by atoms with van der Waals surface area (Å²) in [7, 11) is 0. The molecule has 36 N–H and O–H groups in total. The molecule has 75 heavy (non-hydrogen) atoms. The van der Waals surface area contributed by atoms with Crippen LogP contribution in [0.1, 0.15) is 90.8 Å². The standard InChI is InChI=1S/4C7H5NO5.C2H3N.4Ni.16H2O/c4*9-3-1-4(6(10)11)8-5(2-3)7(12)13;1-2-3;;;;;;;;;;;;;;;;;;;;/h4*1-2H,(H,8,9)(H,10,11)(H,12,13);1H3;;;;;16*1H2/q;;;;;4*+2;;;;;;;;;;;;;;;;/p-8. The number of carbonyl (C=O) groups is 8. The van der Waals surface area contributed by atoms with Crippen LogP contribution in [0.2, 0.25) is 0 Å². The Hall–Kier alpha value is -7.62. The van der Waals surface area contributed by atoms with E-state index < -0.39 is 115 Å². The number of carboxylic acid groups (broad SMARTS) is 8. The smallest absolute Gasteiger partial charge is 0.543 e. The van der Waals surface area contributed by atoms with E-state index in [0.29, 0.717) is 0 Å². The maximum absolute atomic E-state index is 10.7. The number of hydrogen-bond acceptors (Lipinski definition) is 21. The van der Waals surface area contributed by atoms with E-state index in [2.05, 4.69) is 0 Å². The average Bonchev–Trinajstić information content (AvgIpc) is 3.08. The summed E-state index contributed by atoms with van der Waals surface area (Å²) in [5.41, 5.74) is -7.68. The molecule has 0 radical (unpaired) electrons. The van der Waals surface area contributed by atoms with E-state index in [1.807, 2.05) is 19.9 Å². The molecule has 0 fully saturated rings. The summed E-state index contributed by atoms with van der Waals surface area (Å²) in [6, 6.07) is 7.54. The second-order valence-corrected chi connectivity index (χ2v) is 9.10. The van der Waals surface area contributed by atoms with Gasteiger partial charge in [-0.3, -0.25) is 19.2 Å². The van der Waals surface area contributed by atoms with E-state index in [4.69, 9.17) is 5.26 Å². The van der Waals surface area contributed by atoms with Gasteiger partial charge in [-0.25, -0.2) is 0 Å². The Morgan fingerprint density at radius 3 is 0.413 bits per heavy atom. The van der Waals surface area contributed by atoms with E-state index in [1.54, 1.807) is 6.07 Å². The number of nitrogens with zero attached hydrogens (tertiary/aromatic N) is 1. The van der Waals surface area contributed by atoms with Crippen molar-refractivity contribution in [2.45, 2.75) is 6.92 Å². The molecule has 4 rings (SSSR count). The first-order chi connectivity index (χ1) is 25.4. The van der Waals surface area contributed by atoms with Crippen LogP contribution in [0.25, 0.3) is 0 Å². The molecule has 0 spiro atoms. The maximum atomic E-state index is 10.7. The monoisotopic (exact) mass is 1280 g/mol. The first-order valence-corrected chi connectivity index (χ1v) is 13.4. The van der Waals surface area contributed by atoms with Crippen molar-refractivity contribution in [3.05, 3.63) is 135 Å². The predicted molar refractivity (Wildman–Crippen MR) is 212 cm³/mol. The molecule has 4 aromatic rings. The van der Waals surface area contributed by atoms with E-state index in [9.17, 15) is 98.4 Å². The molecule has 0 bridgehead atoms. The van der Waals surface area contributed by atoms with E-state index in [1.165, 1.54) is 6.92 Å². The van der Waals surface area contributed by atoms with Gasteiger partial charge in [0.2, 0.25) is 0 Å². The van der Waals surface area contributed by atoms with Gasteiger partial charge in [0.15, 0.2) is 21.7 Å². The Morgan fingerprint density at radius 1 is 0.293 bits per heavy atom. The summed E-state index contributed by atoms with van der Waals surface area (Å²) >= 11 is 0. The van der Waals surface area contributed by atoms with E-state index >= 15 is 0 Å². The molecule has 448 valence electrons. The van der Waals surface area contributed by atoms with Crippen molar-refractivity contribution in [3.63, 3.8) is 0 Å². The number of aromatic carboxylic acids is 8. The summed E-state index contributed by atoms with van der Waals surface area (Å²) in [6.07, 6.45) is 0. The zero-order chi connectivity index (χ0) is 42.7. The minimum atomic E-state index is -1.65. The zero-order valence-electron chi connectivity index (χ0n) is 36.0. The molecule has 0 saturated heterocycles. The summed E-state index contributed by atoms with van der Waals surface area (Å²) < 4.78 is 0. The Kier molecular flexibility index (Phi) is 122. The summed E-state index contributed by atoms with van der Waals surface area (Å²) in [6.45, 7) is 1.43. The third kappa shape index (κ3) is 52.5. The number of carboxylic acids is 8. The number of hydrogen-bond donors (Lipinski definition) is 4. The minimum absolute atomic E-state index is 0. The fourth-order valence-corrected chi connectivity index (χ4v) is 3.05. The second-order valence-electron chi connectivity index (χ2n) is 9.10. The maximum Gasteiger partial charge on any atom is 2.00 e. The number of H-pyrrole nitrogens is 4. The van der Waals surface area contributed by atoms with E-state index in [0.717, 1.165) is 48.5 Å². The largest absolute Gasteiger partial charge is 2.00 e. The molecule has 45 heteroatoms. The molecule has 0 aliphatic rings. The molecule has 0 unspecified atom stereocenters. The number of pyridine rings is 4. The van der Waals surface area contributed by atoms with Crippen molar-refractivity contribution < 1.29 is 233 Å². The van der Waals surface area contributed by atoms with Crippen LogP contribution in [-0.4, -0.2) is 155 Å². The Morgan fingerprint density at radius 2 is 0.360 bits per heavy atom. The molecule has 0 amide bonds. The van der Waals surface area contributed by atoms with Gasteiger partial charge in [0, 0.05) is 55.5 Å². The van der Waals surface area contributed by atoms with Crippen LogP contribution in [0, 0.1) is 11.3 Å². The second kappa shape index (κ2) is 66.4.